The minimum absolute atomic E-state index is 0.154. The summed E-state index contributed by atoms with van der Waals surface area (Å²) in [6, 6.07) is 9.49. The van der Waals surface area contributed by atoms with Crippen LogP contribution in [0.1, 0.15) is 5.56 Å². The molecule has 1 unspecified atom stereocenters. The van der Waals surface area contributed by atoms with Crippen molar-refractivity contribution in [1.29, 1.82) is 0 Å². The van der Waals surface area contributed by atoms with Gasteiger partial charge in [0, 0.05) is 19.2 Å². The molecule has 2 rings (SSSR count). The number of carbonyl (C=O) groups is 2. The van der Waals surface area contributed by atoms with E-state index in [0.717, 1.165) is 5.56 Å². The van der Waals surface area contributed by atoms with E-state index in [9.17, 15) is 9.59 Å². The molecule has 5 heteroatoms. The lowest BCUT2D eigenvalue weighted by molar-refractivity contribution is -0.144. The quantitative estimate of drug-likeness (QED) is 0.843. The first-order chi connectivity index (χ1) is 9.66. The normalized spacial score (nSPS) is 19.8. The number of hydrogen-bond donors (Lipinski definition) is 1. The van der Waals surface area contributed by atoms with Gasteiger partial charge in [-0.05, 0) is 11.6 Å². The van der Waals surface area contributed by atoms with Gasteiger partial charge in [0.2, 0.25) is 5.91 Å². The topological polar surface area (TPSA) is 66.8 Å². The number of hydrogen-bond acceptors (Lipinski definition) is 3. The van der Waals surface area contributed by atoms with Gasteiger partial charge in [-0.15, -0.1) is 0 Å². The average molecular weight is 275 g/mol. The van der Waals surface area contributed by atoms with Gasteiger partial charge in [-0.3, -0.25) is 9.59 Å². The van der Waals surface area contributed by atoms with E-state index in [1.54, 1.807) is 6.08 Å². The van der Waals surface area contributed by atoms with Gasteiger partial charge >= 0.3 is 5.97 Å². The van der Waals surface area contributed by atoms with Crippen LogP contribution in [0.2, 0.25) is 0 Å². The summed E-state index contributed by atoms with van der Waals surface area (Å²) in [5.74, 6) is -1.78. The van der Waals surface area contributed by atoms with Gasteiger partial charge in [0.1, 0.15) is 0 Å². The fraction of sp³-hybridized carbons (Fsp3) is 0.333. The Balaban J connectivity index is 2.00. The van der Waals surface area contributed by atoms with Crippen LogP contribution in [0.3, 0.4) is 0 Å². The van der Waals surface area contributed by atoms with E-state index < -0.39 is 11.9 Å². The molecule has 1 N–H and O–H groups in total. The Morgan fingerprint density at radius 2 is 2.05 bits per heavy atom. The number of carboxylic acid groups (broad SMARTS) is 1. The van der Waals surface area contributed by atoms with Crippen LogP contribution in [0.4, 0.5) is 0 Å². The molecule has 0 aromatic heterocycles. The van der Waals surface area contributed by atoms with E-state index in [0.29, 0.717) is 13.2 Å². The van der Waals surface area contributed by atoms with Crippen LogP contribution in [-0.4, -0.2) is 48.2 Å². The van der Waals surface area contributed by atoms with Crippen molar-refractivity contribution >= 4 is 18.0 Å². The predicted molar refractivity (Wildman–Crippen MR) is 74.0 cm³/mol. The van der Waals surface area contributed by atoms with Gasteiger partial charge in [-0.25, -0.2) is 0 Å². The number of carbonyl (C=O) groups excluding carboxylic acids is 1. The molecule has 1 aliphatic heterocycles. The SMILES string of the molecule is O=C(O)C1COCCN(C(=O)/C=C/c2ccccc2)C1. The summed E-state index contributed by atoms with van der Waals surface area (Å²) in [4.78, 5) is 24.6. The second kappa shape index (κ2) is 6.86. The maximum absolute atomic E-state index is 12.1. The summed E-state index contributed by atoms with van der Waals surface area (Å²) in [5, 5.41) is 9.03. The van der Waals surface area contributed by atoms with Crippen LogP contribution < -0.4 is 0 Å². The van der Waals surface area contributed by atoms with Gasteiger partial charge < -0.3 is 14.7 Å². The Hall–Kier alpha value is -2.14. The predicted octanol–water partition coefficient (Wildman–Crippen LogP) is 1.26. The summed E-state index contributed by atoms with van der Waals surface area (Å²) < 4.78 is 5.21. The number of carboxylic acids is 1. The molecule has 1 amide bonds. The molecule has 106 valence electrons. The third-order valence-electron chi connectivity index (χ3n) is 3.14. The highest BCUT2D eigenvalue weighted by Gasteiger charge is 2.26. The van der Waals surface area contributed by atoms with Crippen molar-refractivity contribution in [2.45, 2.75) is 0 Å². The minimum Gasteiger partial charge on any atom is -0.481 e. The van der Waals surface area contributed by atoms with Crippen LogP contribution in [0.15, 0.2) is 36.4 Å². The molecule has 0 bridgehead atoms. The van der Waals surface area contributed by atoms with Crippen LogP contribution in [-0.2, 0) is 14.3 Å². The maximum Gasteiger partial charge on any atom is 0.310 e. The molecule has 1 saturated heterocycles. The number of aliphatic carboxylic acids is 1. The molecule has 5 nitrogen and oxygen atoms in total. The molecule has 1 aliphatic rings. The highest BCUT2D eigenvalue weighted by molar-refractivity contribution is 5.92. The van der Waals surface area contributed by atoms with Crippen molar-refractivity contribution in [2.24, 2.45) is 5.92 Å². The maximum atomic E-state index is 12.1. The molecule has 0 radical (unpaired) electrons. The van der Waals surface area contributed by atoms with E-state index in [1.165, 1.54) is 11.0 Å². The molecule has 1 fully saturated rings. The fourth-order valence-electron chi connectivity index (χ4n) is 2.00. The van der Waals surface area contributed by atoms with E-state index in [4.69, 9.17) is 9.84 Å². The highest BCUT2D eigenvalue weighted by Crippen LogP contribution is 2.09. The largest absolute Gasteiger partial charge is 0.481 e. The monoisotopic (exact) mass is 275 g/mol. The third kappa shape index (κ3) is 3.93. The van der Waals surface area contributed by atoms with Crippen LogP contribution in [0, 0.1) is 5.92 Å². The van der Waals surface area contributed by atoms with E-state index >= 15 is 0 Å². The van der Waals surface area contributed by atoms with Gasteiger partial charge in [0.25, 0.3) is 0 Å². The van der Waals surface area contributed by atoms with Crippen LogP contribution >= 0.6 is 0 Å². The van der Waals surface area contributed by atoms with Gasteiger partial charge in [-0.1, -0.05) is 30.3 Å². The summed E-state index contributed by atoms with van der Waals surface area (Å²) in [6.45, 7) is 1.13. The first-order valence-electron chi connectivity index (χ1n) is 6.49. The third-order valence-corrected chi connectivity index (χ3v) is 3.14. The number of benzene rings is 1. The zero-order valence-corrected chi connectivity index (χ0v) is 11.1. The Bertz CT molecular complexity index is 498. The Labute approximate surface area is 117 Å². The summed E-state index contributed by atoms with van der Waals surface area (Å²) >= 11 is 0. The lowest BCUT2D eigenvalue weighted by atomic mass is 10.1. The lowest BCUT2D eigenvalue weighted by Crippen LogP contribution is -2.37. The second-order valence-electron chi connectivity index (χ2n) is 4.64. The summed E-state index contributed by atoms with van der Waals surface area (Å²) in [6.07, 6.45) is 3.20. The smallest absolute Gasteiger partial charge is 0.310 e. The van der Waals surface area contributed by atoms with Gasteiger partial charge in [-0.2, -0.15) is 0 Å². The molecule has 0 aliphatic carbocycles. The molecule has 20 heavy (non-hydrogen) atoms. The first kappa shape index (κ1) is 14.3. The number of ether oxygens (including phenoxy) is 1. The first-order valence-corrected chi connectivity index (χ1v) is 6.49. The van der Waals surface area contributed by atoms with Crippen molar-refractivity contribution < 1.29 is 19.4 Å². The van der Waals surface area contributed by atoms with E-state index in [-0.39, 0.29) is 19.1 Å². The molecule has 0 spiro atoms. The number of rotatable bonds is 3. The van der Waals surface area contributed by atoms with Crippen LogP contribution in [0.25, 0.3) is 6.08 Å². The fourth-order valence-corrected chi connectivity index (χ4v) is 2.00. The van der Waals surface area contributed by atoms with E-state index in [2.05, 4.69) is 0 Å². The molecule has 0 saturated carbocycles. The zero-order chi connectivity index (χ0) is 14.4. The Morgan fingerprint density at radius 3 is 2.75 bits per heavy atom. The van der Waals surface area contributed by atoms with Crippen molar-refractivity contribution in [3.63, 3.8) is 0 Å². The second-order valence-corrected chi connectivity index (χ2v) is 4.64. The zero-order valence-electron chi connectivity index (χ0n) is 11.1. The average Bonchev–Trinajstić information content (AvgIpc) is 2.72. The molecule has 1 aromatic rings. The Kier molecular flexibility index (Phi) is 4.90. The number of amides is 1. The van der Waals surface area contributed by atoms with Crippen molar-refractivity contribution in [1.82, 2.24) is 4.90 Å². The lowest BCUT2D eigenvalue weighted by Gasteiger charge is -2.20. The van der Waals surface area contributed by atoms with Crippen molar-refractivity contribution in [3.05, 3.63) is 42.0 Å². The van der Waals surface area contributed by atoms with Crippen molar-refractivity contribution in [3.8, 4) is 0 Å². The minimum atomic E-state index is -0.934. The summed E-state index contributed by atoms with van der Waals surface area (Å²) in [5.41, 5.74) is 0.932. The number of nitrogens with zero attached hydrogens (tertiary/aromatic N) is 1. The van der Waals surface area contributed by atoms with Crippen LogP contribution in [0.5, 0.6) is 0 Å². The standard InChI is InChI=1S/C15H17NO4/c17-14(7-6-12-4-2-1-3-5-12)16-8-9-20-11-13(10-16)15(18)19/h1-7,13H,8-11H2,(H,18,19)/b7-6+. The van der Waals surface area contributed by atoms with Gasteiger partial charge in [0.15, 0.2) is 0 Å². The molecule has 1 aromatic carbocycles. The molecule has 1 heterocycles. The molecular weight excluding hydrogens is 258 g/mol. The van der Waals surface area contributed by atoms with Crippen molar-refractivity contribution in [2.75, 3.05) is 26.3 Å². The molecule has 1 atom stereocenters. The highest BCUT2D eigenvalue weighted by atomic mass is 16.5. The van der Waals surface area contributed by atoms with Gasteiger partial charge in [0.05, 0.1) is 19.1 Å². The molecular formula is C15H17NO4. The Morgan fingerprint density at radius 1 is 1.30 bits per heavy atom. The van der Waals surface area contributed by atoms with E-state index in [1.807, 2.05) is 30.3 Å². The summed E-state index contributed by atoms with van der Waals surface area (Å²) in [7, 11) is 0.